The van der Waals surface area contributed by atoms with Crippen LogP contribution in [0, 0.1) is 6.92 Å². The van der Waals surface area contributed by atoms with E-state index in [-0.39, 0.29) is 0 Å². The van der Waals surface area contributed by atoms with E-state index in [0.29, 0.717) is 6.04 Å². The van der Waals surface area contributed by atoms with Gasteiger partial charge in [-0.2, -0.15) is 0 Å². The summed E-state index contributed by atoms with van der Waals surface area (Å²) < 4.78 is 5.40. The SMILES string of the molecule is Cc1ccc(Cl)cc1NCC1COCCN1. The quantitative estimate of drug-likeness (QED) is 0.849. The van der Waals surface area contributed by atoms with Crippen molar-refractivity contribution in [3.8, 4) is 0 Å². The molecule has 0 aromatic heterocycles. The zero-order valence-corrected chi connectivity index (χ0v) is 10.2. The van der Waals surface area contributed by atoms with Gasteiger partial charge in [0.05, 0.1) is 13.2 Å². The molecule has 3 nitrogen and oxygen atoms in total. The first-order valence-electron chi connectivity index (χ1n) is 5.57. The third-order valence-electron chi connectivity index (χ3n) is 2.74. The van der Waals surface area contributed by atoms with Crippen molar-refractivity contribution in [1.82, 2.24) is 5.32 Å². The maximum absolute atomic E-state index is 5.96. The van der Waals surface area contributed by atoms with Gasteiger partial charge in [0.15, 0.2) is 0 Å². The Balaban J connectivity index is 1.90. The van der Waals surface area contributed by atoms with E-state index in [2.05, 4.69) is 17.6 Å². The predicted molar refractivity (Wildman–Crippen MR) is 67.3 cm³/mol. The average molecular weight is 241 g/mol. The molecular weight excluding hydrogens is 224 g/mol. The molecule has 2 N–H and O–H groups in total. The first-order valence-corrected chi connectivity index (χ1v) is 5.94. The summed E-state index contributed by atoms with van der Waals surface area (Å²) in [5, 5.41) is 7.56. The predicted octanol–water partition coefficient (Wildman–Crippen LogP) is 2.05. The number of anilines is 1. The number of aryl methyl sites for hydroxylation is 1. The number of ether oxygens (including phenoxy) is 1. The van der Waals surface area contributed by atoms with E-state index in [9.17, 15) is 0 Å². The van der Waals surface area contributed by atoms with Gasteiger partial charge in [0.2, 0.25) is 0 Å². The molecule has 0 amide bonds. The minimum atomic E-state index is 0.382. The third-order valence-corrected chi connectivity index (χ3v) is 2.97. The molecule has 1 unspecified atom stereocenters. The van der Waals surface area contributed by atoms with E-state index in [1.165, 1.54) is 5.56 Å². The summed E-state index contributed by atoms with van der Waals surface area (Å²) in [6, 6.07) is 6.27. The summed E-state index contributed by atoms with van der Waals surface area (Å²) >= 11 is 5.96. The number of halogens is 1. The number of hydrogen-bond donors (Lipinski definition) is 2. The maximum Gasteiger partial charge on any atom is 0.0637 e. The molecule has 1 heterocycles. The van der Waals surface area contributed by atoms with Gasteiger partial charge >= 0.3 is 0 Å². The summed E-state index contributed by atoms with van der Waals surface area (Å²) in [7, 11) is 0. The van der Waals surface area contributed by atoms with E-state index in [4.69, 9.17) is 16.3 Å². The molecule has 1 aromatic rings. The lowest BCUT2D eigenvalue weighted by molar-refractivity contribution is 0.0806. The van der Waals surface area contributed by atoms with Crippen LogP contribution in [0.3, 0.4) is 0 Å². The molecule has 1 fully saturated rings. The molecule has 1 aliphatic rings. The molecular formula is C12H17ClN2O. The van der Waals surface area contributed by atoms with E-state index >= 15 is 0 Å². The zero-order valence-electron chi connectivity index (χ0n) is 9.42. The van der Waals surface area contributed by atoms with Crippen LogP contribution in [0.2, 0.25) is 5.02 Å². The fourth-order valence-electron chi connectivity index (χ4n) is 1.77. The fraction of sp³-hybridized carbons (Fsp3) is 0.500. The highest BCUT2D eigenvalue weighted by Crippen LogP contribution is 2.20. The van der Waals surface area contributed by atoms with Crippen LogP contribution in [0.1, 0.15) is 5.56 Å². The Labute approximate surface area is 101 Å². The fourth-order valence-corrected chi connectivity index (χ4v) is 1.94. The molecule has 16 heavy (non-hydrogen) atoms. The number of nitrogens with one attached hydrogen (secondary N) is 2. The topological polar surface area (TPSA) is 33.3 Å². The van der Waals surface area contributed by atoms with E-state index in [0.717, 1.165) is 37.0 Å². The maximum atomic E-state index is 5.96. The highest BCUT2D eigenvalue weighted by Gasteiger charge is 2.12. The number of rotatable bonds is 3. The van der Waals surface area contributed by atoms with Gasteiger partial charge in [0, 0.05) is 29.8 Å². The Bertz CT molecular complexity index is 351. The Hall–Kier alpha value is -0.770. The minimum Gasteiger partial charge on any atom is -0.383 e. The molecule has 1 atom stereocenters. The highest BCUT2D eigenvalue weighted by atomic mass is 35.5. The van der Waals surface area contributed by atoms with Crippen molar-refractivity contribution < 1.29 is 4.74 Å². The second-order valence-corrected chi connectivity index (χ2v) is 4.50. The van der Waals surface area contributed by atoms with Gasteiger partial charge in [0.1, 0.15) is 0 Å². The summed E-state index contributed by atoms with van der Waals surface area (Å²) in [6.07, 6.45) is 0. The summed E-state index contributed by atoms with van der Waals surface area (Å²) in [5.41, 5.74) is 2.31. The summed E-state index contributed by atoms with van der Waals surface area (Å²) in [4.78, 5) is 0. The molecule has 0 saturated carbocycles. The number of morpholine rings is 1. The van der Waals surface area contributed by atoms with Gasteiger partial charge in [-0.3, -0.25) is 0 Å². The normalized spacial score (nSPS) is 20.8. The van der Waals surface area contributed by atoms with Crippen LogP contribution in [0.25, 0.3) is 0 Å². The number of benzene rings is 1. The minimum absolute atomic E-state index is 0.382. The van der Waals surface area contributed by atoms with Crippen molar-refractivity contribution in [1.29, 1.82) is 0 Å². The third kappa shape index (κ3) is 3.11. The van der Waals surface area contributed by atoms with Crippen LogP contribution in [0.4, 0.5) is 5.69 Å². The van der Waals surface area contributed by atoms with Crippen molar-refractivity contribution in [2.45, 2.75) is 13.0 Å². The van der Waals surface area contributed by atoms with Gasteiger partial charge in [0.25, 0.3) is 0 Å². The van der Waals surface area contributed by atoms with E-state index in [1.54, 1.807) is 0 Å². The largest absolute Gasteiger partial charge is 0.383 e. The Kier molecular flexibility index (Phi) is 4.04. The van der Waals surface area contributed by atoms with Gasteiger partial charge in [-0.15, -0.1) is 0 Å². The van der Waals surface area contributed by atoms with Gasteiger partial charge < -0.3 is 15.4 Å². The zero-order chi connectivity index (χ0) is 11.4. The lowest BCUT2D eigenvalue weighted by atomic mass is 10.2. The van der Waals surface area contributed by atoms with Crippen molar-refractivity contribution in [3.05, 3.63) is 28.8 Å². The van der Waals surface area contributed by atoms with E-state index in [1.807, 2.05) is 18.2 Å². The van der Waals surface area contributed by atoms with Crippen LogP contribution in [-0.2, 0) is 4.74 Å². The smallest absolute Gasteiger partial charge is 0.0637 e. The molecule has 0 aliphatic carbocycles. The summed E-state index contributed by atoms with van der Waals surface area (Å²) in [5.74, 6) is 0. The van der Waals surface area contributed by atoms with Crippen molar-refractivity contribution in [2.24, 2.45) is 0 Å². The van der Waals surface area contributed by atoms with Gasteiger partial charge in [-0.05, 0) is 24.6 Å². The Morgan fingerprint density at radius 2 is 2.44 bits per heavy atom. The first kappa shape index (κ1) is 11.7. The van der Waals surface area contributed by atoms with Gasteiger partial charge in [-0.25, -0.2) is 0 Å². The molecule has 4 heteroatoms. The average Bonchev–Trinajstić information content (AvgIpc) is 2.32. The molecule has 1 aromatic carbocycles. The second-order valence-electron chi connectivity index (χ2n) is 4.07. The van der Waals surface area contributed by atoms with E-state index < -0.39 is 0 Å². The molecule has 0 radical (unpaired) electrons. The van der Waals surface area contributed by atoms with Crippen molar-refractivity contribution >= 4 is 17.3 Å². The molecule has 2 rings (SSSR count). The van der Waals surface area contributed by atoms with Crippen LogP contribution in [-0.4, -0.2) is 32.3 Å². The van der Waals surface area contributed by atoms with Crippen molar-refractivity contribution in [2.75, 3.05) is 31.6 Å². The van der Waals surface area contributed by atoms with Crippen LogP contribution >= 0.6 is 11.6 Å². The highest BCUT2D eigenvalue weighted by molar-refractivity contribution is 6.30. The Morgan fingerprint density at radius 3 is 3.19 bits per heavy atom. The number of hydrogen-bond acceptors (Lipinski definition) is 3. The monoisotopic (exact) mass is 240 g/mol. The van der Waals surface area contributed by atoms with Crippen molar-refractivity contribution in [3.63, 3.8) is 0 Å². The van der Waals surface area contributed by atoms with Crippen LogP contribution in [0.5, 0.6) is 0 Å². The van der Waals surface area contributed by atoms with Crippen LogP contribution in [0.15, 0.2) is 18.2 Å². The van der Waals surface area contributed by atoms with Gasteiger partial charge in [-0.1, -0.05) is 17.7 Å². The molecule has 1 saturated heterocycles. The lowest BCUT2D eigenvalue weighted by Crippen LogP contribution is -2.45. The Morgan fingerprint density at radius 1 is 1.56 bits per heavy atom. The molecule has 0 bridgehead atoms. The summed E-state index contributed by atoms with van der Waals surface area (Å²) in [6.45, 7) is 5.45. The lowest BCUT2D eigenvalue weighted by Gasteiger charge is -2.24. The molecule has 0 spiro atoms. The van der Waals surface area contributed by atoms with Crippen LogP contribution < -0.4 is 10.6 Å². The molecule has 1 aliphatic heterocycles. The first-order chi connectivity index (χ1) is 7.75. The standard InChI is InChI=1S/C12H17ClN2O/c1-9-2-3-10(13)6-12(9)15-7-11-8-16-5-4-14-11/h2-3,6,11,14-15H,4-5,7-8H2,1H3. The second kappa shape index (κ2) is 5.53. The molecule has 88 valence electrons.